The number of nitrogens with zero attached hydrogens (tertiary/aromatic N) is 3. The van der Waals surface area contributed by atoms with Crippen LogP contribution in [0.5, 0.6) is 5.88 Å². The third kappa shape index (κ3) is 2.36. The first-order valence-electron chi connectivity index (χ1n) is 6.32. The van der Waals surface area contributed by atoms with Crippen LogP contribution in [0.1, 0.15) is 17.3 Å². The molecule has 1 atom stereocenters. The van der Waals surface area contributed by atoms with Crippen LogP contribution in [0.2, 0.25) is 0 Å². The lowest BCUT2D eigenvalue weighted by molar-refractivity contribution is 0.108. The van der Waals surface area contributed by atoms with Crippen molar-refractivity contribution in [3.63, 3.8) is 0 Å². The zero-order valence-electron chi connectivity index (χ0n) is 11.3. The van der Waals surface area contributed by atoms with Crippen LogP contribution < -0.4 is 10.1 Å². The number of hydrogen-bond acceptors (Lipinski definition) is 5. The van der Waals surface area contributed by atoms with E-state index in [1.807, 2.05) is 14.0 Å². The van der Waals surface area contributed by atoms with Crippen LogP contribution >= 0.6 is 0 Å². The van der Waals surface area contributed by atoms with Crippen molar-refractivity contribution in [1.82, 2.24) is 20.0 Å². The quantitative estimate of drug-likeness (QED) is 0.771. The maximum absolute atomic E-state index is 9.73. The van der Waals surface area contributed by atoms with Gasteiger partial charge in [-0.05, 0) is 6.92 Å². The van der Waals surface area contributed by atoms with E-state index in [2.05, 4.69) is 15.3 Å². The second-order valence-corrected chi connectivity index (χ2v) is 4.62. The molecule has 0 amide bonds. The maximum atomic E-state index is 9.73. The Morgan fingerprint density at radius 3 is 2.67 bits per heavy atom. The van der Waals surface area contributed by atoms with Crippen LogP contribution in [0.15, 0.2) is 0 Å². The molecule has 1 unspecified atom stereocenters. The van der Waals surface area contributed by atoms with E-state index in [-0.39, 0.29) is 12.6 Å². The normalized spacial score (nSPS) is 18.9. The van der Waals surface area contributed by atoms with Crippen LogP contribution in [-0.2, 0) is 7.05 Å². The van der Waals surface area contributed by atoms with Crippen molar-refractivity contribution in [2.75, 3.05) is 39.9 Å². The molecule has 0 spiro atoms. The first-order valence-corrected chi connectivity index (χ1v) is 6.32. The molecule has 1 saturated heterocycles. The fourth-order valence-electron chi connectivity index (χ4n) is 2.66. The average molecular weight is 254 g/mol. The Bertz CT molecular complexity index is 399. The van der Waals surface area contributed by atoms with Gasteiger partial charge >= 0.3 is 0 Å². The Morgan fingerprint density at radius 2 is 2.11 bits per heavy atom. The molecule has 6 nitrogen and oxygen atoms in total. The molecule has 6 heteroatoms. The van der Waals surface area contributed by atoms with Gasteiger partial charge in [-0.2, -0.15) is 5.10 Å². The number of methoxy groups -OCH3 is 1. The number of rotatable bonds is 4. The van der Waals surface area contributed by atoms with Crippen molar-refractivity contribution in [2.45, 2.75) is 13.0 Å². The molecule has 2 rings (SSSR count). The van der Waals surface area contributed by atoms with Crippen molar-refractivity contribution >= 4 is 0 Å². The van der Waals surface area contributed by atoms with E-state index in [1.54, 1.807) is 11.8 Å². The number of aliphatic hydroxyl groups is 1. The molecule has 1 aliphatic heterocycles. The molecule has 0 saturated carbocycles. The number of aliphatic hydroxyl groups excluding tert-OH is 1. The maximum Gasteiger partial charge on any atom is 0.216 e. The summed E-state index contributed by atoms with van der Waals surface area (Å²) < 4.78 is 7.15. The van der Waals surface area contributed by atoms with E-state index < -0.39 is 0 Å². The summed E-state index contributed by atoms with van der Waals surface area (Å²) in [4.78, 5) is 2.28. The standard InChI is InChI=1S/C12H22N4O2/c1-9-11(12(18-3)15(2)14-9)10(8-17)16-6-4-13-5-7-16/h10,13,17H,4-8H2,1-3H3. The fraction of sp³-hybridized carbons (Fsp3) is 0.750. The van der Waals surface area contributed by atoms with Gasteiger partial charge in [-0.25, -0.2) is 4.68 Å². The highest BCUT2D eigenvalue weighted by molar-refractivity contribution is 5.34. The van der Waals surface area contributed by atoms with Gasteiger partial charge in [-0.1, -0.05) is 0 Å². The van der Waals surface area contributed by atoms with Crippen LogP contribution in [0, 0.1) is 6.92 Å². The fourth-order valence-corrected chi connectivity index (χ4v) is 2.66. The molecule has 102 valence electrons. The molecule has 18 heavy (non-hydrogen) atoms. The third-order valence-electron chi connectivity index (χ3n) is 3.51. The molecule has 0 bridgehead atoms. The highest BCUT2D eigenvalue weighted by atomic mass is 16.5. The number of ether oxygens (including phenoxy) is 1. The van der Waals surface area contributed by atoms with Gasteiger partial charge in [0.05, 0.1) is 31.0 Å². The largest absolute Gasteiger partial charge is 0.481 e. The Kier molecular flexibility index (Phi) is 4.21. The second-order valence-electron chi connectivity index (χ2n) is 4.62. The number of hydrogen-bond donors (Lipinski definition) is 2. The Balaban J connectivity index is 2.31. The number of piperazine rings is 1. The van der Waals surface area contributed by atoms with E-state index in [0.29, 0.717) is 0 Å². The van der Waals surface area contributed by atoms with E-state index in [9.17, 15) is 5.11 Å². The minimum atomic E-state index is -0.0317. The van der Waals surface area contributed by atoms with E-state index in [4.69, 9.17) is 4.74 Å². The van der Waals surface area contributed by atoms with Crippen molar-refractivity contribution < 1.29 is 9.84 Å². The lowest BCUT2D eigenvalue weighted by Gasteiger charge is -2.34. The summed E-state index contributed by atoms with van der Waals surface area (Å²) in [5.41, 5.74) is 1.93. The zero-order valence-corrected chi connectivity index (χ0v) is 11.3. The molecule has 0 aromatic carbocycles. The van der Waals surface area contributed by atoms with Crippen LogP contribution in [0.3, 0.4) is 0 Å². The molecule has 2 N–H and O–H groups in total. The summed E-state index contributed by atoms with van der Waals surface area (Å²) in [5, 5.41) is 17.4. The monoisotopic (exact) mass is 254 g/mol. The highest BCUT2D eigenvalue weighted by Crippen LogP contribution is 2.31. The van der Waals surface area contributed by atoms with Gasteiger partial charge in [0.2, 0.25) is 5.88 Å². The molecule has 0 aliphatic carbocycles. The van der Waals surface area contributed by atoms with Gasteiger partial charge in [0, 0.05) is 33.2 Å². The topological polar surface area (TPSA) is 62.6 Å². The lowest BCUT2D eigenvalue weighted by atomic mass is 10.1. The van der Waals surface area contributed by atoms with Gasteiger partial charge < -0.3 is 15.2 Å². The molecule has 0 radical (unpaired) electrons. The van der Waals surface area contributed by atoms with Crippen LogP contribution in [0.4, 0.5) is 0 Å². The first-order chi connectivity index (χ1) is 8.69. The summed E-state index contributed by atoms with van der Waals surface area (Å²) in [7, 11) is 3.51. The van der Waals surface area contributed by atoms with E-state index >= 15 is 0 Å². The Labute approximate surface area is 108 Å². The van der Waals surface area contributed by atoms with Crippen molar-refractivity contribution in [3.8, 4) is 5.88 Å². The first kappa shape index (κ1) is 13.3. The van der Waals surface area contributed by atoms with Crippen LogP contribution in [0.25, 0.3) is 0 Å². The minimum Gasteiger partial charge on any atom is -0.481 e. The van der Waals surface area contributed by atoms with Gasteiger partial charge in [0.25, 0.3) is 0 Å². The summed E-state index contributed by atoms with van der Waals surface area (Å²) in [6.45, 7) is 5.83. The van der Waals surface area contributed by atoms with Gasteiger partial charge in [-0.15, -0.1) is 0 Å². The van der Waals surface area contributed by atoms with Crippen molar-refractivity contribution in [2.24, 2.45) is 7.05 Å². The molecule has 1 aromatic rings. The van der Waals surface area contributed by atoms with Crippen molar-refractivity contribution in [3.05, 3.63) is 11.3 Å². The number of nitrogens with one attached hydrogen (secondary N) is 1. The number of aromatic nitrogens is 2. The molecule has 1 aromatic heterocycles. The smallest absolute Gasteiger partial charge is 0.216 e. The predicted molar refractivity (Wildman–Crippen MR) is 68.8 cm³/mol. The summed E-state index contributed by atoms with van der Waals surface area (Å²) in [6, 6.07) is -0.0317. The van der Waals surface area contributed by atoms with E-state index in [0.717, 1.165) is 43.3 Å². The molecular formula is C12H22N4O2. The molecular weight excluding hydrogens is 232 g/mol. The second kappa shape index (κ2) is 5.69. The highest BCUT2D eigenvalue weighted by Gasteiger charge is 2.28. The Hall–Kier alpha value is -1.11. The Morgan fingerprint density at radius 1 is 1.44 bits per heavy atom. The minimum absolute atomic E-state index is 0.0317. The zero-order chi connectivity index (χ0) is 13.1. The number of aryl methyl sites for hydroxylation is 2. The lowest BCUT2D eigenvalue weighted by Crippen LogP contribution is -2.46. The molecule has 1 fully saturated rings. The van der Waals surface area contributed by atoms with E-state index in [1.165, 1.54) is 0 Å². The third-order valence-corrected chi connectivity index (χ3v) is 3.51. The summed E-state index contributed by atoms with van der Waals surface area (Å²) in [6.07, 6.45) is 0. The molecule has 2 heterocycles. The predicted octanol–water partition coefficient (Wildman–Crippen LogP) is -0.324. The SMILES string of the molecule is COc1c(C(CO)N2CCNCC2)c(C)nn1C. The van der Waals surface area contributed by atoms with Crippen LogP contribution in [-0.4, -0.2) is 59.7 Å². The summed E-state index contributed by atoms with van der Waals surface area (Å²) in [5.74, 6) is 0.741. The van der Waals surface area contributed by atoms with Gasteiger partial charge in [0.1, 0.15) is 0 Å². The van der Waals surface area contributed by atoms with Crippen molar-refractivity contribution in [1.29, 1.82) is 0 Å². The molecule has 1 aliphatic rings. The van der Waals surface area contributed by atoms with Gasteiger partial charge in [-0.3, -0.25) is 4.90 Å². The van der Waals surface area contributed by atoms with Gasteiger partial charge in [0.15, 0.2) is 0 Å². The average Bonchev–Trinajstić information content (AvgIpc) is 2.66. The summed E-state index contributed by atoms with van der Waals surface area (Å²) >= 11 is 0.